The summed E-state index contributed by atoms with van der Waals surface area (Å²) < 4.78 is 20.9. The molecule has 198 valence electrons. The Hall–Kier alpha value is -2.61. The van der Waals surface area contributed by atoms with Gasteiger partial charge in [0.05, 0.1) is 33.0 Å². The Bertz CT molecular complexity index is 749. The van der Waals surface area contributed by atoms with Gasteiger partial charge in [0.2, 0.25) is 0 Å². The zero-order valence-electron chi connectivity index (χ0n) is 22.7. The molecule has 0 amide bonds. The first kappa shape index (κ1) is 32.4. The van der Waals surface area contributed by atoms with E-state index in [0.717, 1.165) is 32.1 Å². The summed E-state index contributed by atoms with van der Waals surface area (Å²) in [5.41, 5.74) is 3.74. The monoisotopic (exact) mass is 490 g/mol. The number of hydrogen-bond donors (Lipinski definition) is 0. The standard InChI is InChI=1S/C14H26N2O3.C14H20O2/c1-7-13(17)19-11-10-18-9-8-12(2)14(15(3)4)16(5)6;1-3-13-7-5-6-8-14(13)9-10-16-12-11-15-4-2/h7H,1,8-11H2,2-6H3;3,5-8H,1,4,9-12H2,2H3. The van der Waals surface area contributed by atoms with E-state index in [1.807, 2.05) is 53.3 Å². The summed E-state index contributed by atoms with van der Waals surface area (Å²) >= 11 is 0. The number of carbonyl (C=O) groups is 1. The lowest BCUT2D eigenvalue weighted by molar-refractivity contribution is -0.139. The predicted molar refractivity (Wildman–Crippen MR) is 144 cm³/mol. The Labute approximate surface area is 213 Å². The quantitative estimate of drug-likeness (QED) is 0.182. The van der Waals surface area contributed by atoms with Gasteiger partial charge in [-0.25, -0.2) is 4.79 Å². The van der Waals surface area contributed by atoms with Gasteiger partial charge in [-0.1, -0.05) is 43.5 Å². The van der Waals surface area contributed by atoms with E-state index in [9.17, 15) is 4.79 Å². The van der Waals surface area contributed by atoms with Crippen LogP contribution in [0.2, 0.25) is 0 Å². The number of benzene rings is 1. The van der Waals surface area contributed by atoms with Gasteiger partial charge in [0.25, 0.3) is 0 Å². The minimum atomic E-state index is -0.415. The lowest BCUT2D eigenvalue weighted by Gasteiger charge is -2.27. The molecular weight excluding hydrogens is 444 g/mol. The van der Waals surface area contributed by atoms with Crippen LogP contribution in [-0.2, 0) is 30.2 Å². The SMILES string of the molecule is C=CC(=O)OCCOCCC(C)=C(N(C)C)N(C)C.C=Cc1ccccc1CCOCCOCC. The highest BCUT2D eigenvalue weighted by Gasteiger charge is 2.07. The molecule has 0 heterocycles. The molecule has 0 saturated heterocycles. The van der Waals surface area contributed by atoms with E-state index in [1.54, 1.807) is 0 Å². The summed E-state index contributed by atoms with van der Waals surface area (Å²) in [6, 6.07) is 8.25. The summed E-state index contributed by atoms with van der Waals surface area (Å²) in [5, 5.41) is 0. The topological polar surface area (TPSA) is 60.5 Å². The molecule has 35 heavy (non-hydrogen) atoms. The Morgan fingerprint density at radius 1 is 0.886 bits per heavy atom. The van der Waals surface area contributed by atoms with Gasteiger partial charge in [-0.3, -0.25) is 0 Å². The van der Waals surface area contributed by atoms with E-state index in [4.69, 9.17) is 18.9 Å². The van der Waals surface area contributed by atoms with Crippen molar-refractivity contribution in [2.75, 3.05) is 74.4 Å². The van der Waals surface area contributed by atoms with Crippen molar-refractivity contribution >= 4 is 12.0 Å². The molecule has 0 N–H and O–H groups in total. The Morgan fingerprint density at radius 2 is 1.49 bits per heavy atom. The van der Waals surface area contributed by atoms with Gasteiger partial charge < -0.3 is 28.7 Å². The Kier molecular flexibility index (Phi) is 19.2. The van der Waals surface area contributed by atoms with Crippen LogP contribution < -0.4 is 0 Å². The normalized spacial score (nSPS) is 10.0. The second-order valence-corrected chi connectivity index (χ2v) is 8.09. The highest BCUT2D eigenvalue weighted by Crippen LogP contribution is 2.13. The molecule has 0 bridgehead atoms. The number of nitrogens with zero attached hydrogens (tertiary/aromatic N) is 2. The average Bonchev–Trinajstić information content (AvgIpc) is 2.83. The Balaban J connectivity index is 0.000000669. The van der Waals surface area contributed by atoms with E-state index < -0.39 is 5.97 Å². The second kappa shape index (κ2) is 20.7. The summed E-state index contributed by atoms with van der Waals surface area (Å²) in [6.45, 7) is 15.3. The number of esters is 1. The molecular formula is C28H46N2O5. The first-order valence-electron chi connectivity index (χ1n) is 12.1. The molecule has 0 fully saturated rings. The van der Waals surface area contributed by atoms with Crippen molar-refractivity contribution in [2.45, 2.75) is 26.7 Å². The van der Waals surface area contributed by atoms with Crippen LogP contribution >= 0.6 is 0 Å². The third-order valence-corrected chi connectivity index (χ3v) is 4.86. The number of ether oxygens (including phenoxy) is 4. The molecule has 0 radical (unpaired) electrons. The Morgan fingerprint density at radius 3 is 2.09 bits per heavy atom. The van der Waals surface area contributed by atoms with Crippen molar-refractivity contribution in [1.29, 1.82) is 0 Å². The first-order chi connectivity index (χ1) is 16.8. The molecule has 0 atom stereocenters. The molecule has 0 spiro atoms. The zero-order chi connectivity index (χ0) is 26.5. The van der Waals surface area contributed by atoms with Crippen molar-refractivity contribution in [3.63, 3.8) is 0 Å². The van der Waals surface area contributed by atoms with Crippen LogP contribution in [0.15, 0.2) is 54.9 Å². The lowest BCUT2D eigenvalue weighted by atomic mass is 10.1. The first-order valence-corrected chi connectivity index (χ1v) is 12.1. The minimum Gasteiger partial charge on any atom is -0.460 e. The van der Waals surface area contributed by atoms with Crippen molar-refractivity contribution in [1.82, 2.24) is 9.80 Å². The van der Waals surface area contributed by atoms with E-state index in [2.05, 4.69) is 42.0 Å². The predicted octanol–water partition coefficient (Wildman–Crippen LogP) is 4.40. The van der Waals surface area contributed by atoms with E-state index >= 15 is 0 Å². The van der Waals surface area contributed by atoms with Crippen molar-refractivity contribution in [3.05, 3.63) is 66.0 Å². The molecule has 0 unspecified atom stereocenters. The maximum atomic E-state index is 10.8. The highest BCUT2D eigenvalue weighted by atomic mass is 16.6. The van der Waals surface area contributed by atoms with E-state index in [1.165, 1.54) is 22.5 Å². The largest absolute Gasteiger partial charge is 0.460 e. The van der Waals surface area contributed by atoms with Crippen LogP contribution in [0.3, 0.4) is 0 Å². The fourth-order valence-electron chi connectivity index (χ4n) is 3.37. The van der Waals surface area contributed by atoms with Gasteiger partial charge in [-0.05, 0) is 43.4 Å². The van der Waals surface area contributed by atoms with Crippen molar-refractivity contribution < 1.29 is 23.7 Å². The fourth-order valence-corrected chi connectivity index (χ4v) is 3.37. The minimum absolute atomic E-state index is 0.266. The van der Waals surface area contributed by atoms with Crippen molar-refractivity contribution in [2.24, 2.45) is 0 Å². The van der Waals surface area contributed by atoms with Gasteiger partial charge in [0, 0.05) is 40.9 Å². The summed E-state index contributed by atoms with van der Waals surface area (Å²) in [5.74, 6) is 0.767. The molecule has 0 aromatic heterocycles. The summed E-state index contributed by atoms with van der Waals surface area (Å²) in [7, 11) is 8.09. The van der Waals surface area contributed by atoms with Crippen molar-refractivity contribution in [3.8, 4) is 0 Å². The molecule has 1 aromatic carbocycles. The molecule has 0 aliphatic rings. The molecule has 7 nitrogen and oxygen atoms in total. The van der Waals surface area contributed by atoms with Gasteiger partial charge in [-0.2, -0.15) is 0 Å². The zero-order valence-corrected chi connectivity index (χ0v) is 22.7. The second-order valence-electron chi connectivity index (χ2n) is 8.09. The maximum Gasteiger partial charge on any atom is 0.330 e. The van der Waals surface area contributed by atoms with E-state index in [0.29, 0.717) is 26.4 Å². The third kappa shape index (κ3) is 15.8. The number of hydrogen-bond acceptors (Lipinski definition) is 7. The van der Waals surface area contributed by atoms with E-state index in [-0.39, 0.29) is 6.61 Å². The molecule has 1 aromatic rings. The molecule has 1 rings (SSSR count). The molecule has 0 aliphatic heterocycles. The molecule has 0 saturated carbocycles. The fraction of sp³-hybridized carbons (Fsp3) is 0.536. The third-order valence-electron chi connectivity index (χ3n) is 4.86. The van der Waals surface area contributed by atoms with Gasteiger partial charge in [0.1, 0.15) is 12.4 Å². The smallest absolute Gasteiger partial charge is 0.330 e. The van der Waals surface area contributed by atoms with Crippen LogP contribution in [-0.4, -0.2) is 90.2 Å². The molecule has 7 heteroatoms. The average molecular weight is 491 g/mol. The highest BCUT2D eigenvalue weighted by molar-refractivity contribution is 5.81. The van der Waals surface area contributed by atoms with Gasteiger partial charge in [0.15, 0.2) is 0 Å². The van der Waals surface area contributed by atoms with Crippen LogP contribution in [0.4, 0.5) is 0 Å². The molecule has 0 aliphatic carbocycles. The van der Waals surface area contributed by atoms with Crippen LogP contribution in [0.5, 0.6) is 0 Å². The maximum absolute atomic E-state index is 10.8. The van der Waals surface area contributed by atoms with Gasteiger partial charge in [-0.15, -0.1) is 0 Å². The lowest BCUT2D eigenvalue weighted by Crippen LogP contribution is -2.26. The van der Waals surface area contributed by atoms with Gasteiger partial charge >= 0.3 is 5.97 Å². The summed E-state index contributed by atoms with van der Waals surface area (Å²) in [4.78, 5) is 14.9. The van der Waals surface area contributed by atoms with Crippen LogP contribution in [0, 0.1) is 0 Å². The number of rotatable bonds is 17. The summed E-state index contributed by atoms with van der Waals surface area (Å²) in [6.07, 6.45) is 4.80. The van der Waals surface area contributed by atoms with Crippen LogP contribution in [0.25, 0.3) is 6.08 Å². The van der Waals surface area contributed by atoms with Crippen LogP contribution in [0.1, 0.15) is 31.4 Å². The number of carbonyl (C=O) groups excluding carboxylic acids is 1.